The van der Waals surface area contributed by atoms with E-state index in [1.54, 1.807) is 31.2 Å². The molecule has 0 radical (unpaired) electrons. The summed E-state index contributed by atoms with van der Waals surface area (Å²) in [6.45, 7) is 12.2. The highest BCUT2D eigenvalue weighted by Crippen LogP contribution is 2.40. The molecule has 0 saturated heterocycles. The van der Waals surface area contributed by atoms with E-state index in [1.165, 1.54) is 0 Å². The fourth-order valence-corrected chi connectivity index (χ4v) is 3.07. The van der Waals surface area contributed by atoms with E-state index in [9.17, 15) is 9.59 Å². The predicted octanol–water partition coefficient (Wildman–Crippen LogP) is 4.36. The molecule has 1 aliphatic carbocycles. The van der Waals surface area contributed by atoms with E-state index in [0.717, 1.165) is 0 Å². The molecular formula is C17H22O3Si. The van der Waals surface area contributed by atoms with Crippen LogP contribution in [-0.4, -0.2) is 19.9 Å². The van der Waals surface area contributed by atoms with Gasteiger partial charge in [-0.2, -0.15) is 0 Å². The number of benzene rings is 1. The lowest BCUT2D eigenvalue weighted by molar-refractivity contribution is 0.0932. The van der Waals surface area contributed by atoms with Crippen LogP contribution in [0.3, 0.4) is 0 Å². The van der Waals surface area contributed by atoms with Crippen LogP contribution >= 0.6 is 0 Å². The second-order valence-corrected chi connectivity index (χ2v) is 11.7. The van der Waals surface area contributed by atoms with Gasteiger partial charge in [0.25, 0.3) is 8.32 Å². The van der Waals surface area contributed by atoms with Gasteiger partial charge in [0.2, 0.25) is 5.78 Å². The third kappa shape index (κ3) is 2.60. The van der Waals surface area contributed by atoms with Crippen molar-refractivity contribution in [2.75, 3.05) is 0 Å². The Bertz CT molecular complexity index is 648. The van der Waals surface area contributed by atoms with Gasteiger partial charge in [0, 0.05) is 16.7 Å². The highest BCUT2D eigenvalue weighted by atomic mass is 28.4. The fourth-order valence-electron chi connectivity index (χ4n) is 2.01. The van der Waals surface area contributed by atoms with Gasteiger partial charge in [-0.05, 0) is 25.1 Å². The molecule has 1 aliphatic rings. The minimum Gasteiger partial charge on any atom is -0.541 e. The molecule has 0 amide bonds. The van der Waals surface area contributed by atoms with Gasteiger partial charge in [-0.25, -0.2) is 0 Å². The van der Waals surface area contributed by atoms with Crippen molar-refractivity contribution < 1.29 is 14.0 Å². The second-order valence-electron chi connectivity index (χ2n) is 7.02. The molecule has 0 saturated carbocycles. The van der Waals surface area contributed by atoms with E-state index in [-0.39, 0.29) is 22.4 Å². The van der Waals surface area contributed by atoms with Crippen molar-refractivity contribution in [3.63, 3.8) is 0 Å². The highest BCUT2D eigenvalue weighted by Gasteiger charge is 2.42. The van der Waals surface area contributed by atoms with Crippen molar-refractivity contribution in [3.8, 4) is 0 Å². The summed E-state index contributed by atoms with van der Waals surface area (Å²) in [4.78, 5) is 25.1. The van der Waals surface area contributed by atoms with Crippen molar-refractivity contribution >= 4 is 19.9 Å². The third-order valence-corrected chi connectivity index (χ3v) is 8.79. The second kappa shape index (κ2) is 4.95. The van der Waals surface area contributed by atoms with Gasteiger partial charge in [-0.3, -0.25) is 9.59 Å². The van der Waals surface area contributed by atoms with Gasteiger partial charge >= 0.3 is 0 Å². The Balaban J connectivity index is 2.49. The van der Waals surface area contributed by atoms with E-state index < -0.39 is 8.32 Å². The van der Waals surface area contributed by atoms with E-state index in [0.29, 0.717) is 16.7 Å². The van der Waals surface area contributed by atoms with Crippen molar-refractivity contribution in [2.24, 2.45) is 0 Å². The fraction of sp³-hybridized carbons (Fsp3) is 0.412. The maximum absolute atomic E-state index is 12.7. The molecule has 2 rings (SSSR count). The van der Waals surface area contributed by atoms with E-state index in [1.807, 2.05) is 0 Å². The molecule has 0 atom stereocenters. The molecule has 3 nitrogen and oxygen atoms in total. The zero-order valence-corrected chi connectivity index (χ0v) is 14.5. The Morgan fingerprint density at radius 3 is 1.90 bits per heavy atom. The smallest absolute Gasteiger partial charge is 0.250 e. The largest absolute Gasteiger partial charge is 0.541 e. The molecule has 112 valence electrons. The molecular weight excluding hydrogens is 280 g/mol. The number of ketones is 2. The zero-order valence-electron chi connectivity index (χ0n) is 13.5. The van der Waals surface area contributed by atoms with Crippen molar-refractivity contribution in [3.05, 3.63) is 46.7 Å². The number of carbonyl (C=O) groups is 2. The quantitative estimate of drug-likeness (QED) is 0.762. The molecule has 0 aromatic heterocycles. The van der Waals surface area contributed by atoms with Crippen LogP contribution in [0.25, 0.3) is 0 Å². The van der Waals surface area contributed by atoms with Crippen LogP contribution in [0.5, 0.6) is 0 Å². The van der Waals surface area contributed by atoms with Crippen LogP contribution in [-0.2, 0) is 4.43 Å². The van der Waals surface area contributed by atoms with Crippen LogP contribution in [0.4, 0.5) is 0 Å². The number of hydrogen-bond donors (Lipinski definition) is 0. The molecule has 1 aromatic rings. The maximum atomic E-state index is 12.7. The van der Waals surface area contributed by atoms with E-state index >= 15 is 0 Å². The standard InChI is InChI=1S/C17H22O3Si/c1-11-14(18)12-9-7-8-10-13(12)15(19)16(11)20-21(5,6)17(2,3)4/h7-10H,1-6H3. The molecule has 0 heterocycles. The first kappa shape index (κ1) is 15.7. The minimum atomic E-state index is -2.16. The lowest BCUT2D eigenvalue weighted by Gasteiger charge is -2.38. The zero-order chi connectivity index (χ0) is 16.0. The number of allylic oxidation sites excluding steroid dienone is 2. The predicted molar refractivity (Wildman–Crippen MR) is 86.1 cm³/mol. The first-order chi connectivity index (χ1) is 9.56. The van der Waals surface area contributed by atoms with E-state index in [4.69, 9.17) is 4.43 Å². The van der Waals surface area contributed by atoms with Gasteiger partial charge in [0.1, 0.15) is 0 Å². The molecule has 21 heavy (non-hydrogen) atoms. The molecule has 4 heteroatoms. The Hall–Kier alpha value is -1.68. The van der Waals surface area contributed by atoms with Gasteiger partial charge in [0.05, 0.1) is 0 Å². The summed E-state index contributed by atoms with van der Waals surface area (Å²) in [7, 11) is -2.16. The lowest BCUT2D eigenvalue weighted by atomic mass is 9.89. The lowest BCUT2D eigenvalue weighted by Crippen LogP contribution is -2.42. The highest BCUT2D eigenvalue weighted by molar-refractivity contribution is 6.74. The summed E-state index contributed by atoms with van der Waals surface area (Å²) >= 11 is 0. The van der Waals surface area contributed by atoms with Gasteiger partial charge < -0.3 is 4.43 Å². The maximum Gasteiger partial charge on any atom is 0.250 e. The van der Waals surface area contributed by atoms with Crippen molar-refractivity contribution in [1.29, 1.82) is 0 Å². The Morgan fingerprint density at radius 2 is 1.43 bits per heavy atom. The van der Waals surface area contributed by atoms with Crippen molar-refractivity contribution in [1.82, 2.24) is 0 Å². The van der Waals surface area contributed by atoms with Gasteiger partial charge in [0.15, 0.2) is 11.5 Å². The number of fused-ring (bicyclic) bond motifs is 1. The summed E-state index contributed by atoms with van der Waals surface area (Å²) < 4.78 is 6.14. The van der Waals surface area contributed by atoms with Crippen LogP contribution < -0.4 is 0 Å². The average molecular weight is 302 g/mol. The Kier molecular flexibility index (Phi) is 3.70. The molecule has 1 aromatic carbocycles. The monoisotopic (exact) mass is 302 g/mol. The summed E-state index contributed by atoms with van der Waals surface area (Å²) in [5.74, 6) is -0.0447. The first-order valence-electron chi connectivity index (χ1n) is 7.14. The molecule has 0 fully saturated rings. The number of carbonyl (C=O) groups excluding carboxylic acids is 2. The molecule has 0 N–H and O–H groups in total. The Labute approximate surface area is 127 Å². The van der Waals surface area contributed by atoms with Crippen LogP contribution in [0.1, 0.15) is 48.4 Å². The number of rotatable bonds is 2. The average Bonchev–Trinajstić information content (AvgIpc) is 2.40. The molecule has 0 spiro atoms. The normalized spacial score (nSPS) is 16.1. The number of Topliss-reactive ketones (excluding diaryl/α,β-unsaturated/α-hetero) is 2. The van der Waals surface area contributed by atoms with Gasteiger partial charge in [-0.15, -0.1) is 0 Å². The topological polar surface area (TPSA) is 43.4 Å². The van der Waals surface area contributed by atoms with Gasteiger partial charge in [-0.1, -0.05) is 45.0 Å². The van der Waals surface area contributed by atoms with Crippen LogP contribution in [0.15, 0.2) is 35.6 Å². The first-order valence-corrected chi connectivity index (χ1v) is 10.1. The van der Waals surface area contributed by atoms with Crippen LogP contribution in [0, 0.1) is 0 Å². The van der Waals surface area contributed by atoms with Crippen molar-refractivity contribution in [2.45, 2.75) is 45.8 Å². The molecule has 0 bridgehead atoms. The summed E-state index contributed by atoms with van der Waals surface area (Å²) in [5, 5.41) is -0.0272. The third-order valence-electron chi connectivity index (χ3n) is 4.47. The summed E-state index contributed by atoms with van der Waals surface area (Å²) in [5.41, 5.74) is 1.34. The SMILES string of the molecule is CC1=C(O[Si](C)(C)C(C)(C)C)C(=O)c2ccccc2C1=O. The summed E-state index contributed by atoms with van der Waals surface area (Å²) in [6.07, 6.45) is 0. The van der Waals surface area contributed by atoms with E-state index in [2.05, 4.69) is 33.9 Å². The summed E-state index contributed by atoms with van der Waals surface area (Å²) in [6, 6.07) is 6.94. The number of hydrogen-bond acceptors (Lipinski definition) is 3. The molecule has 0 unspecified atom stereocenters. The minimum absolute atomic E-state index is 0.0272. The Morgan fingerprint density at radius 1 is 0.952 bits per heavy atom. The molecule has 0 aliphatic heterocycles. The van der Waals surface area contributed by atoms with Crippen LogP contribution in [0.2, 0.25) is 18.1 Å².